The van der Waals surface area contributed by atoms with Gasteiger partial charge in [0.2, 0.25) is 0 Å². The third-order valence-electron chi connectivity index (χ3n) is 6.01. The molecule has 0 aromatic carbocycles. The molecule has 0 radical (unpaired) electrons. The molecule has 3 fully saturated rings. The number of fused-ring (bicyclic) bond motifs is 2. The maximum absolute atomic E-state index is 12.2. The Morgan fingerprint density at radius 1 is 1.17 bits per heavy atom. The summed E-state index contributed by atoms with van der Waals surface area (Å²) in [6, 6.07) is 3.04. The van der Waals surface area contributed by atoms with Crippen LogP contribution in [0.25, 0.3) is 0 Å². The van der Waals surface area contributed by atoms with Gasteiger partial charge in [-0.1, -0.05) is 6.42 Å². The van der Waals surface area contributed by atoms with Crippen LogP contribution in [0.2, 0.25) is 0 Å². The van der Waals surface area contributed by atoms with Gasteiger partial charge in [0, 0.05) is 43.3 Å². The van der Waals surface area contributed by atoms with Gasteiger partial charge in [-0.15, -0.1) is 0 Å². The normalized spacial score (nSPS) is 31.4. The van der Waals surface area contributed by atoms with Crippen LogP contribution >= 0.6 is 0 Å². The van der Waals surface area contributed by atoms with Crippen LogP contribution in [0.15, 0.2) is 0 Å². The number of carbonyl (C=O) groups excluding carboxylic acids is 1. The summed E-state index contributed by atoms with van der Waals surface area (Å²) >= 11 is 0. The number of amides is 2. The number of urea groups is 1. The minimum absolute atomic E-state index is 0.0251. The Bertz CT molecular complexity index is 394. The molecule has 1 aliphatic carbocycles. The van der Waals surface area contributed by atoms with Crippen LogP contribution in [-0.2, 0) is 0 Å². The highest BCUT2D eigenvalue weighted by atomic mass is 16.2. The van der Waals surface area contributed by atoms with E-state index in [0.717, 1.165) is 32.0 Å². The average molecular weight is 322 g/mol. The summed E-state index contributed by atoms with van der Waals surface area (Å²) < 4.78 is 0. The van der Waals surface area contributed by atoms with Gasteiger partial charge in [-0.25, -0.2) is 4.79 Å². The largest absolute Gasteiger partial charge is 0.337 e. The maximum Gasteiger partial charge on any atom is 0.315 e. The van der Waals surface area contributed by atoms with Gasteiger partial charge in [-0.3, -0.25) is 4.90 Å². The van der Waals surface area contributed by atoms with Crippen molar-refractivity contribution in [3.63, 3.8) is 0 Å². The van der Waals surface area contributed by atoms with Crippen LogP contribution in [0.4, 0.5) is 4.79 Å². The van der Waals surface area contributed by atoms with Gasteiger partial charge in [0.15, 0.2) is 0 Å². The Balaban J connectivity index is 1.38. The van der Waals surface area contributed by atoms with E-state index in [1.165, 1.54) is 32.1 Å². The summed E-state index contributed by atoms with van der Waals surface area (Å²) in [4.78, 5) is 17.2. The molecule has 132 valence electrons. The number of carbonyl (C=O) groups is 1. The molecule has 1 saturated carbocycles. The van der Waals surface area contributed by atoms with Gasteiger partial charge >= 0.3 is 6.03 Å². The maximum atomic E-state index is 12.2. The molecule has 5 nitrogen and oxygen atoms in total. The van der Waals surface area contributed by atoms with Crippen LogP contribution in [0.3, 0.4) is 0 Å². The highest BCUT2D eigenvalue weighted by Crippen LogP contribution is 2.32. The second-order valence-electron chi connectivity index (χ2n) is 8.04. The van der Waals surface area contributed by atoms with E-state index >= 15 is 0 Å². The molecule has 0 aromatic heterocycles. The highest BCUT2D eigenvalue weighted by Gasteiger charge is 2.36. The predicted octanol–water partition coefficient (Wildman–Crippen LogP) is 2.17. The van der Waals surface area contributed by atoms with E-state index in [9.17, 15) is 4.79 Å². The zero-order valence-electron chi connectivity index (χ0n) is 15.1. The SMILES string of the molecule is CC(C)N(CCNC(=O)NC1CC2CCCC(C1)N2C)C1CC1. The van der Waals surface area contributed by atoms with Gasteiger partial charge in [-0.05, 0) is 59.4 Å². The Kier molecular flexibility index (Phi) is 5.47. The standard InChI is InChI=1S/C18H34N4O/c1-13(2)22(15-7-8-15)10-9-19-18(23)20-14-11-16-5-4-6-17(12-14)21(16)3/h13-17H,4-12H2,1-3H3,(H2,19,20,23). The first kappa shape index (κ1) is 17.0. The van der Waals surface area contributed by atoms with E-state index in [1.807, 2.05) is 0 Å². The first-order valence-electron chi connectivity index (χ1n) is 9.56. The predicted molar refractivity (Wildman–Crippen MR) is 93.6 cm³/mol. The molecule has 5 heteroatoms. The lowest BCUT2D eigenvalue weighted by atomic mass is 9.82. The lowest BCUT2D eigenvalue weighted by Gasteiger charge is -2.47. The Morgan fingerprint density at radius 2 is 1.83 bits per heavy atom. The van der Waals surface area contributed by atoms with Crippen molar-refractivity contribution in [2.75, 3.05) is 20.1 Å². The third-order valence-corrected chi connectivity index (χ3v) is 6.01. The molecule has 0 spiro atoms. The number of piperidine rings is 2. The van der Waals surface area contributed by atoms with Crippen molar-refractivity contribution in [3.05, 3.63) is 0 Å². The first-order chi connectivity index (χ1) is 11.0. The summed E-state index contributed by atoms with van der Waals surface area (Å²) in [7, 11) is 2.25. The Labute approximate surface area is 141 Å². The quantitative estimate of drug-likeness (QED) is 0.788. The zero-order chi connectivity index (χ0) is 16.4. The molecule has 23 heavy (non-hydrogen) atoms. The second-order valence-corrected chi connectivity index (χ2v) is 8.04. The molecule has 2 amide bonds. The van der Waals surface area contributed by atoms with Gasteiger partial charge in [0.25, 0.3) is 0 Å². The number of hydrogen-bond acceptors (Lipinski definition) is 3. The molecule has 2 aliphatic heterocycles. The Hall–Kier alpha value is -0.810. The highest BCUT2D eigenvalue weighted by molar-refractivity contribution is 5.74. The summed E-state index contributed by atoms with van der Waals surface area (Å²) in [6.07, 6.45) is 8.80. The van der Waals surface area contributed by atoms with E-state index in [0.29, 0.717) is 24.2 Å². The molecular formula is C18H34N4O. The fraction of sp³-hybridized carbons (Fsp3) is 0.944. The molecular weight excluding hydrogens is 288 g/mol. The fourth-order valence-corrected chi connectivity index (χ4v) is 4.54. The smallest absolute Gasteiger partial charge is 0.315 e. The molecule has 2 N–H and O–H groups in total. The van der Waals surface area contributed by atoms with Gasteiger partial charge < -0.3 is 15.5 Å². The molecule has 2 atom stereocenters. The molecule has 0 aromatic rings. The monoisotopic (exact) mass is 322 g/mol. The lowest BCUT2D eigenvalue weighted by Crippen LogP contribution is -2.56. The third kappa shape index (κ3) is 4.38. The molecule has 2 heterocycles. The van der Waals surface area contributed by atoms with Crippen molar-refractivity contribution in [2.24, 2.45) is 0 Å². The van der Waals surface area contributed by atoms with E-state index in [1.54, 1.807) is 0 Å². The number of nitrogens with zero attached hydrogens (tertiary/aromatic N) is 2. The minimum atomic E-state index is 0.0251. The molecule has 3 aliphatic rings. The van der Waals surface area contributed by atoms with Crippen LogP contribution < -0.4 is 10.6 Å². The van der Waals surface area contributed by atoms with Crippen molar-refractivity contribution in [2.45, 2.75) is 89.0 Å². The van der Waals surface area contributed by atoms with Crippen LogP contribution in [-0.4, -0.2) is 66.2 Å². The van der Waals surface area contributed by atoms with Crippen molar-refractivity contribution >= 4 is 6.03 Å². The first-order valence-corrected chi connectivity index (χ1v) is 9.56. The van der Waals surface area contributed by atoms with E-state index in [4.69, 9.17) is 0 Å². The van der Waals surface area contributed by atoms with Crippen molar-refractivity contribution in [1.82, 2.24) is 20.4 Å². The van der Waals surface area contributed by atoms with E-state index in [2.05, 4.69) is 41.3 Å². The van der Waals surface area contributed by atoms with E-state index in [-0.39, 0.29) is 6.03 Å². The number of hydrogen-bond donors (Lipinski definition) is 2. The van der Waals surface area contributed by atoms with Gasteiger partial charge in [0.1, 0.15) is 0 Å². The van der Waals surface area contributed by atoms with Crippen molar-refractivity contribution in [1.29, 1.82) is 0 Å². The second kappa shape index (κ2) is 7.39. The van der Waals surface area contributed by atoms with Crippen LogP contribution in [0.5, 0.6) is 0 Å². The minimum Gasteiger partial charge on any atom is -0.337 e. The van der Waals surface area contributed by atoms with Gasteiger partial charge in [0.05, 0.1) is 0 Å². The van der Waals surface area contributed by atoms with Crippen molar-refractivity contribution < 1.29 is 4.79 Å². The summed E-state index contributed by atoms with van der Waals surface area (Å²) in [5.41, 5.74) is 0. The molecule has 2 unspecified atom stereocenters. The average Bonchev–Trinajstić information content (AvgIpc) is 3.29. The molecule has 2 bridgehead atoms. The zero-order valence-corrected chi connectivity index (χ0v) is 15.1. The summed E-state index contributed by atoms with van der Waals surface area (Å²) in [5, 5.41) is 6.29. The Morgan fingerprint density at radius 3 is 2.39 bits per heavy atom. The summed E-state index contributed by atoms with van der Waals surface area (Å²) in [6.45, 7) is 6.21. The fourth-order valence-electron chi connectivity index (χ4n) is 4.54. The molecule has 2 saturated heterocycles. The number of rotatable bonds is 6. The van der Waals surface area contributed by atoms with E-state index < -0.39 is 0 Å². The topological polar surface area (TPSA) is 47.6 Å². The van der Waals surface area contributed by atoms with Gasteiger partial charge in [-0.2, -0.15) is 0 Å². The van der Waals surface area contributed by atoms with Crippen LogP contribution in [0.1, 0.15) is 58.8 Å². The lowest BCUT2D eigenvalue weighted by molar-refractivity contribution is 0.0508. The summed E-state index contributed by atoms with van der Waals surface area (Å²) in [5.74, 6) is 0. The van der Waals surface area contributed by atoms with Crippen molar-refractivity contribution in [3.8, 4) is 0 Å². The number of nitrogens with one attached hydrogen (secondary N) is 2. The van der Waals surface area contributed by atoms with Crippen LogP contribution in [0, 0.1) is 0 Å². The molecule has 3 rings (SSSR count).